The standard InChI is InChI=1S/C34H54O8/c1-11-27(35)22(4)15-16-28(36)25(7)32(38)26(8)33-29(40-9)14-12-13-20(2)17-23(5)31(37)24(6)18-21(3)19-30(41-10)34(39)42-33/h12-16,18-19,22-27,29,31-33,35,37-38H,11,17H2,1-10H3/b14-12+,16-15+,20-13+,21-18+,30-19+/t22?,23-,24-,25-,26+,27?,29-,31+,32+,33-/m0/s1. The Morgan fingerprint density at radius 3 is 2.38 bits per heavy atom. The van der Waals surface area contributed by atoms with Crippen LogP contribution in [0.3, 0.4) is 0 Å². The van der Waals surface area contributed by atoms with Gasteiger partial charge in [-0.2, -0.15) is 0 Å². The van der Waals surface area contributed by atoms with Gasteiger partial charge in [-0.3, -0.25) is 4.79 Å². The molecule has 0 bridgehead atoms. The number of aliphatic hydroxyl groups excluding tert-OH is 3. The number of hydrogen-bond acceptors (Lipinski definition) is 8. The molecule has 42 heavy (non-hydrogen) atoms. The molecule has 0 spiro atoms. The summed E-state index contributed by atoms with van der Waals surface area (Å²) in [6, 6.07) is 0. The van der Waals surface area contributed by atoms with Crippen molar-refractivity contribution in [3.05, 3.63) is 59.4 Å². The van der Waals surface area contributed by atoms with E-state index in [2.05, 4.69) is 0 Å². The third-order valence-electron chi connectivity index (χ3n) is 8.20. The molecule has 0 saturated carbocycles. The quantitative estimate of drug-likeness (QED) is 0.237. The van der Waals surface area contributed by atoms with Gasteiger partial charge in [0, 0.05) is 30.8 Å². The molecule has 1 rings (SSSR count). The molecular formula is C34H54O8. The van der Waals surface area contributed by atoms with Crippen LogP contribution in [0.25, 0.3) is 0 Å². The highest BCUT2D eigenvalue weighted by atomic mass is 16.6. The number of esters is 1. The Hall–Kier alpha value is -2.52. The second-order valence-electron chi connectivity index (χ2n) is 11.9. The minimum Gasteiger partial charge on any atom is -0.490 e. The van der Waals surface area contributed by atoms with Gasteiger partial charge in [-0.1, -0.05) is 83.1 Å². The highest BCUT2D eigenvalue weighted by Gasteiger charge is 2.38. The Morgan fingerprint density at radius 1 is 1.17 bits per heavy atom. The van der Waals surface area contributed by atoms with Gasteiger partial charge in [0.2, 0.25) is 5.76 Å². The lowest BCUT2D eigenvalue weighted by atomic mass is 9.84. The number of carbonyl (C=O) groups excluding carboxylic acids is 2. The van der Waals surface area contributed by atoms with Crippen molar-refractivity contribution in [3.8, 4) is 0 Å². The molecule has 8 heteroatoms. The van der Waals surface area contributed by atoms with Crippen LogP contribution in [0.2, 0.25) is 0 Å². The summed E-state index contributed by atoms with van der Waals surface area (Å²) in [5.74, 6) is -2.96. The normalized spacial score (nSPS) is 33.0. The van der Waals surface area contributed by atoms with E-state index in [4.69, 9.17) is 14.2 Å². The van der Waals surface area contributed by atoms with Gasteiger partial charge in [0.15, 0.2) is 5.78 Å². The van der Waals surface area contributed by atoms with Gasteiger partial charge in [0.05, 0.1) is 25.4 Å². The summed E-state index contributed by atoms with van der Waals surface area (Å²) < 4.78 is 17.0. The largest absolute Gasteiger partial charge is 0.490 e. The first-order chi connectivity index (χ1) is 19.7. The molecule has 0 saturated heterocycles. The highest BCUT2D eigenvalue weighted by Crippen LogP contribution is 2.27. The number of ether oxygens (including phenoxy) is 3. The number of hydrogen-bond donors (Lipinski definition) is 3. The van der Waals surface area contributed by atoms with Gasteiger partial charge in [0.1, 0.15) is 12.2 Å². The van der Waals surface area contributed by atoms with Gasteiger partial charge in [-0.25, -0.2) is 4.79 Å². The fourth-order valence-corrected chi connectivity index (χ4v) is 5.21. The number of carbonyl (C=O) groups is 2. The first-order valence-electron chi connectivity index (χ1n) is 15.0. The summed E-state index contributed by atoms with van der Waals surface area (Å²) in [6.07, 6.45) is 9.24. The molecule has 0 aromatic heterocycles. The average Bonchev–Trinajstić information content (AvgIpc) is 2.96. The molecular weight excluding hydrogens is 536 g/mol. The lowest BCUT2D eigenvalue weighted by Gasteiger charge is -2.33. The lowest BCUT2D eigenvalue weighted by Crippen LogP contribution is -2.45. The van der Waals surface area contributed by atoms with E-state index in [1.165, 1.54) is 20.3 Å². The predicted molar refractivity (Wildman–Crippen MR) is 165 cm³/mol. The fraction of sp³-hybridized carbons (Fsp3) is 0.647. The first kappa shape index (κ1) is 37.5. The monoisotopic (exact) mass is 590 g/mol. The van der Waals surface area contributed by atoms with Gasteiger partial charge in [-0.15, -0.1) is 0 Å². The summed E-state index contributed by atoms with van der Waals surface area (Å²) >= 11 is 0. The van der Waals surface area contributed by atoms with E-state index in [-0.39, 0.29) is 29.3 Å². The number of ketones is 1. The maximum absolute atomic E-state index is 13.3. The van der Waals surface area contributed by atoms with E-state index in [9.17, 15) is 24.9 Å². The third kappa shape index (κ3) is 11.3. The van der Waals surface area contributed by atoms with Gasteiger partial charge in [-0.05, 0) is 44.8 Å². The van der Waals surface area contributed by atoms with E-state index in [0.717, 1.165) is 11.1 Å². The maximum atomic E-state index is 13.3. The molecule has 0 aromatic rings. The lowest BCUT2D eigenvalue weighted by molar-refractivity contribution is -0.162. The van der Waals surface area contributed by atoms with Crippen molar-refractivity contribution in [2.75, 3.05) is 14.2 Å². The summed E-state index contributed by atoms with van der Waals surface area (Å²) in [7, 11) is 2.86. The number of methoxy groups -OCH3 is 2. The zero-order valence-corrected chi connectivity index (χ0v) is 27.1. The first-order valence-corrected chi connectivity index (χ1v) is 15.0. The van der Waals surface area contributed by atoms with Crippen LogP contribution in [0.4, 0.5) is 0 Å². The zero-order chi connectivity index (χ0) is 32.1. The van der Waals surface area contributed by atoms with Gasteiger partial charge < -0.3 is 29.5 Å². The Bertz CT molecular complexity index is 1020. The van der Waals surface area contributed by atoms with E-state index in [1.807, 2.05) is 59.8 Å². The van der Waals surface area contributed by atoms with Crippen molar-refractivity contribution in [2.24, 2.45) is 29.6 Å². The van der Waals surface area contributed by atoms with E-state index < -0.39 is 48.3 Å². The van der Waals surface area contributed by atoms with Crippen LogP contribution >= 0.6 is 0 Å². The molecule has 0 amide bonds. The van der Waals surface area contributed by atoms with Crippen molar-refractivity contribution in [3.63, 3.8) is 0 Å². The molecule has 0 radical (unpaired) electrons. The molecule has 3 N–H and O–H groups in total. The van der Waals surface area contributed by atoms with Crippen LogP contribution in [0, 0.1) is 29.6 Å². The van der Waals surface area contributed by atoms with Crippen LogP contribution in [-0.2, 0) is 23.8 Å². The Balaban J connectivity index is 3.47. The summed E-state index contributed by atoms with van der Waals surface area (Å²) in [5, 5.41) is 32.2. The SMILES string of the molecule is CCC(O)C(C)/C=C/C(=O)[C@H](C)[C@@H](O)[C@@H](C)[C@@H]1OC(=O)/C(OC)=C\C(C)=C\[C@H](C)[C@H](O)[C@@H](C)C/C(C)=C/C=C/[C@@H]1OC. The number of cyclic esters (lactones) is 1. The molecule has 238 valence electrons. The molecule has 0 aromatic carbocycles. The van der Waals surface area contributed by atoms with Crippen LogP contribution in [-0.4, -0.2) is 71.8 Å². The minimum absolute atomic E-state index is 0.000107. The second kappa shape index (κ2) is 18.2. The molecule has 0 aliphatic carbocycles. The second-order valence-corrected chi connectivity index (χ2v) is 11.9. The number of rotatable bonds is 10. The molecule has 10 atom stereocenters. The van der Waals surface area contributed by atoms with Crippen LogP contribution in [0.5, 0.6) is 0 Å². The van der Waals surface area contributed by atoms with E-state index >= 15 is 0 Å². The summed E-state index contributed by atoms with van der Waals surface area (Å²) in [5.41, 5.74) is 1.78. The molecule has 8 nitrogen and oxygen atoms in total. The molecule has 1 heterocycles. The summed E-state index contributed by atoms with van der Waals surface area (Å²) in [6.45, 7) is 14.8. The smallest absolute Gasteiger partial charge is 0.373 e. The number of aliphatic hydroxyl groups is 3. The van der Waals surface area contributed by atoms with Crippen LogP contribution < -0.4 is 0 Å². The topological polar surface area (TPSA) is 123 Å². The van der Waals surface area contributed by atoms with Crippen molar-refractivity contribution >= 4 is 11.8 Å². The van der Waals surface area contributed by atoms with Crippen molar-refractivity contribution in [1.82, 2.24) is 0 Å². The van der Waals surface area contributed by atoms with Crippen molar-refractivity contribution in [2.45, 2.75) is 98.8 Å². The molecule has 2 unspecified atom stereocenters. The average molecular weight is 591 g/mol. The molecule has 1 aliphatic heterocycles. The highest BCUT2D eigenvalue weighted by molar-refractivity contribution is 5.92. The van der Waals surface area contributed by atoms with Crippen molar-refractivity contribution < 1.29 is 39.1 Å². The maximum Gasteiger partial charge on any atom is 0.373 e. The zero-order valence-electron chi connectivity index (χ0n) is 27.1. The fourth-order valence-electron chi connectivity index (χ4n) is 5.21. The molecule has 0 fully saturated rings. The minimum atomic E-state index is -1.17. The Kier molecular flexibility index (Phi) is 16.3. The van der Waals surface area contributed by atoms with Gasteiger partial charge >= 0.3 is 5.97 Å². The Morgan fingerprint density at radius 2 is 1.81 bits per heavy atom. The third-order valence-corrected chi connectivity index (χ3v) is 8.20. The number of allylic oxidation sites excluding steroid dienone is 6. The van der Waals surface area contributed by atoms with Crippen LogP contribution in [0.15, 0.2) is 59.4 Å². The van der Waals surface area contributed by atoms with Gasteiger partial charge in [0.25, 0.3) is 0 Å². The Labute approximate surface area is 252 Å². The summed E-state index contributed by atoms with van der Waals surface area (Å²) in [4.78, 5) is 26.3. The van der Waals surface area contributed by atoms with E-state index in [0.29, 0.717) is 12.8 Å². The van der Waals surface area contributed by atoms with E-state index in [1.54, 1.807) is 32.1 Å². The molecule has 1 aliphatic rings. The van der Waals surface area contributed by atoms with Crippen molar-refractivity contribution in [1.29, 1.82) is 0 Å². The van der Waals surface area contributed by atoms with Crippen LogP contribution in [0.1, 0.15) is 68.2 Å². The predicted octanol–water partition coefficient (Wildman–Crippen LogP) is 5.09.